The molecule has 1 saturated heterocycles. The van der Waals surface area contributed by atoms with Crippen LogP contribution in [-0.4, -0.2) is 49.6 Å². The number of anilines is 1. The third-order valence-electron chi connectivity index (χ3n) is 6.43. The van der Waals surface area contributed by atoms with Crippen LogP contribution in [0.5, 0.6) is 0 Å². The zero-order valence-electron chi connectivity index (χ0n) is 16.0. The fraction of sp³-hybridized carbons (Fsp3) is 0.409. The summed E-state index contributed by atoms with van der Waals surface area (Å²) in [6, 6.07) is 15.3. The van der Waals surface area contributed by atoms with Crippen molar-refractivity contribution in [1.29, 1.82) is 0 Å². The van der Waals surface area contributed by atoms with Crippen molar-refractivity contribution in [2.24, 2.45) is 5.92 Å². The first kappa shape index (κ1) is 18.6. The van der Waals surface area contributed by atoms with E-state index in [1.54, 1.807) is 35.2 Å². The molecule has 0 spiro atoms. The summed E-state index contributed by atoms with van der Waals surface area (Å²) in [5.74, 6) is 0.437. The Kier molecular flexibility index (Phi) is 4.40. The molecule has 1 amide bonds. The Balaban J connectivity index is 1.54. The first-order valence-corrected chi connectivity index (χ1v) is 11.5. The highest BCUT2D eigenvalue weighted by Crippen LogP contribution is 2.50. The number of nitrogens with zero attached hydrogens (tertiary/aromatic N) is 2. The standard InChI is InChI=1S/C22H24N2O4S/c25-14-20-22-17-8-4-5-9-18(17)23(29(27,28)16-6-2-1-3-7-16)13-19(22)24(20)21(26)12-15-10-11-15/h1-9,15,19-20,22,25H,10-14H2/t19-,20-,22+/m1/s1. The number of rotatable bonds is 5. The molecule has 3 atom stereocenters. The van der Waals surface area contributed by atoms with Crippen molar-refractivity contribution in [1.82, 2.24) is 4.90 Å². The van der Waals surface area contributed by atoms with Crippen LogP contribution in [0.25, 0.3) is 0 Å². The van der Waals surface area contributed by atoms with E-state index in [2.05, 4.69) is 0 Å². The SMILES string of the molecule is O=C(CC1CC1)N1[C@H](CO)[C@H]2c3ccccc3N(S(=O)(=O)c3ccccc3)C[C@H]21. The van der Waals surface area contributed by atoms with Gasteiger partial charge in [-0.1, -0.05) is 36.4 Å². The molecule has 2 fully saturated rings. The van der Waals surface area contributed by atoms with Crippen LogP contribution in [0.2, 0.25) is 0 Å². The van der Waals surface area contributed by atoms with Crippen LogP contribution >= 0.6 is 0 Å². The lowest BCUT2D eigenvalue weighted by atomic mass is 9.72. The van der Waals surface area contributed by atoms with Crippen molar-refractivity contribution in [2.75, 3.05) is 17.5 Å². The first-order chi connectivity index (χ1) is 14.0. The van der Waals surface area contributed by atoms with Gasteiger partial charge in [-0.05, 0) is 42.5 Å². The van der Waals surface area contributed by atoms with Crippen LogP contribution < -0.4 is 4.31 Å². The highest BCUT2D eigenvalue weighted by Gasteiger charge is 2.56. The molecule has 29 heavy (non-hydrogen) atoms. The van der Waals surface area contributed by atoms with E-state index in [-0.39, 0.29) is 42.0 Å². The fourth-order valence-electron chi connectivity index (χ4n) is 4.82. The quantitative estimate of drug-likeness (QED) is 0.818. The molecule has 2 aromatic carbocycles. The molecular weight excluding hydrogens is 388 g/mol. The molecule has 6 nitrogen and oxygen atoms in total. The number of aliphatic hydroxyl groups excluding tert-OH is 1. The van der Waals surface area contributed by atoms with Gasteiger partial charge < -0.3 is 10.0 Å². The molecule has 1 aliphatic carbocycles. The van der Waals surface area contributed by atoms with Crippen molar-refractivity contribution in [3.05, 3.63) is 60.2 Å². The minimum absolute atomic E-state index is 0.0317. The second-order valence-corrected chi connectivity index (χ2v) is 10.1. The zero-order chi connectivity index (χ0) is 20.2. The molecule has 152 valence electrons. The van der Waals surface area contributed by atoms with Gasteiger partial charge >= 0.3 is 0 Å². The lowest BCUT2D eigenvalue weighted by molar-refractivity contribution is -0.150. The number of likely N-dealkylation sites (tertiary alicyclic amines) is 1. The summed E-state index contributed by atoms with van der Waals surface area (Å²) < 4.78 is 28.3. The predicted octanol–water partition coefficient (Wildman–Crippen LogP) is 2.35. The minimum atomic E-state index is -3.75. The molecule has 2 aromatic rings. The monoisotopic (exact) mass is 412 g/mol. The number of hydrogen-bond acceptors (Lipinski definition) is 4. The number of amides is 1. The summed E-state index contributed by atoms with van der Waals surface area (Å²) in [6.45, 7) is 0.100. The van der Waals surface area contributed by atoms with E-state index in [1.165, 1.54) is 4.31 Å². The van der Waals surface area contributed by atoms with Gasteiger partial charge in [0, 0.05) is 12.3 Å². The Bertz CT molecular complexity index is 1040. The fourth-order valence-corrected chi connectivity index (χ4v) is 6.35. The average Bonchev–Trinajstić information content (AvgIpc) is 3.52. The zero-order valence-corrected chi connectivity index (χ0v) is 16.8. The minimum Gasteiger partial charge on any atom is -0.394 e. The molecule has 3 aliphatic rings. The van der Waals surface area contributed by atoms with Gasteiger partial charge in [0.1, 0.15) is 0 Å². The summed E-state index contributed by atoms with van der Waals surface area (Å²) in [5, 5.41) is 10.00. The molecule has 2 aliphatic heterocycles. The average molecular weight is 413 g/mol. The second kappa shape index (κ2) is 6.85. The second-order valence-electron chi connectivity index (χ2n) is 8.20. The maximum Gasteiger partial charge on any atom is 0.264 e. The van der Waals surface area contributed by atoms with Gasteiger partial charge in [0.05, 0.1) is 35.8 Å². The molecule has 0 radical (unpaired) electrons. The highest BCUT2D eigenvalue weighted by atomic mass is 32.2. The van der Waals surface area contributed by atoms with Gasteiger partial charge in [-0.15, -0.1) is 0 Å². The molecule has 5 rings (SSSR count). The van der Waals surface area contributed by atoms with E-state index < -0.39 is 10.0 Å². The number of benzene rings is 2. The summed E-state index contributed by atoms with van der Waals surface area (Å²) in [5.41, 5.74) is 1.53. The van der Waals surface area contributed by atoms with Crippen LogP contribution in [0.15, 0.2) is 59.5 Å². The van der Waals surface area contributed by atoms with E-state index >= 15 is 0 Å². The van der Waals surface area contributed by atoms with E-state index in [9.17, 15) is 18.3 Å². The Morgan fingerprint density at radius 2 is 1.72 bits per heavy atom. The lowest BCUT2D eigenvalue weighted by Gasteiger charge is -2.59. The Morgan fingerprint density at radius 1 is 1.03 bits per heavy atom. The molecule has 1 saturated carbocycles. The molecule has 0 aromatic heterocycles. The molecule has 7 heteroatoms. The van der Waals surface area contributed by atoms with Crippen LogP contribution in [0.4, 0.5) is 5.69 Å². The van der Waals surface area contributed by atoms with Gasteiger partial charge in [-0.3, -0.25) is 9.10 Å². The number of aliphatic hydroxyl groups is 1. The first-order valence-electron chi connectivity index (χ1n) is 10.1. The highest BCUT2D eigenvalue weighted by molar-refractivity contribution is 7.92. The summed E-state index contributed by atoms with van der Waals surface area (Å²) >= 11 is 0. The Labute approximate surface area is 170 Å². The van der Waals surface area contributed by atoms with Crippen LogP contribution in [0.3, 0.4) is 0 Å². The maximum atomic E-state index is 13.4. The number of sulfonamides is 1. The van der Waals surface area contributed by atoms with Crippen LogP contribution in [0, 0.1) is 5.92 Å². The van der Waals surface area contributed by atoms with Gasteiger partial charge in [-0.2, -0.15) is 0 Å². The van der Waals surface area contributed by atoms with Gasteiger partial charge in [-0.25, -0.2) is 8.42 Å². The number of fused-ring (bicyclic) bond motifs is 3. The van der Waals surface area contributed by atoms with Crippen LogP contribution in [0.1, 0.15) is 30.7 Å². The van der Waals surface area contributed by atoms with E-state index in [0.29, 0.717) is 18.0 Å². The summed E-state index contributed by atoms with van der Waals surface area (Å²) in [6.07, 6.45) is 2.65. The predicted molar refractivity (Wildman–Crippen MR) is 109 cm³/mol. The largest absolute Gasteiger partial charge is 0.394 e. The Morgan fingerprint density at radius 3 is 2.41 bits per heavy atom. The van der Waals surface area contributed by atoms with Crippen molar-refractivity contribution >= 4 is 21.6 Å². The number of carbonyl (C=O) groups is 1. The van der Waals surface area contributed by atoms with Crippen LogP contribution in [-0.2, 0) is 14.8 Å². The molecular formula is C22H24N2O4S. The third kappa shape index (κ3) is 2.95. The third-order valence-corrected chi connectivity index (χ3v) is 8.22. The van der Waals surface area contributed by atoms with E-state index in [1.807, 2.05) is 24.3 Å². The number of para-hydroxylation sites is 1. The normalized spacial score (nSPS) is 25.8. The summed E-state index contributed by atoms with van der Waals surface area (Å²) in [7, 11) is -3.75. The van der Waals surface area contributed by atoms with Crippen molar-refractivity contribution in [3.8, 4) is 0 Å². The van der Waals surface area contributed by atoms with Crippen molar-refractivity contribution in [3.63, 3.8) is 0 Å². The topological polar surface area (TPSA) is 77.9 Å². The lowest BCUT2D eigenvalue weighted by Crippen LogP contribution is -2.70. The number of carbonyl (C=O) groups excluding carboxylic acids is 1. The molecule has 0 bridgehead atoms. The van der Waals surface area contributed by atoms with Gasteiger partial charge in [0.25, 0.3) is 10.0 Å². The molecule has 0 unspecified atom stereocenters. The molecule has 1 N–H and O–H groups in total. The molecule has 2 heterocycles. The van der Waals surface area contributed by atoms with Crippen molar-refractivity contribution in [2.45, 2.75) is 42.2 Å². The van der Waals surface area contributed by atoms with E-state index in [0.717, 1.165) is 18.4 Å². The van der Waals surface area contributed by atoms with Gasteiger partial charge in [0.2, 0.25) is 5.91 Å². The smallest absolute Gasteiger partial charge is 0.264 e. The van der Waals surface area contributed by atoms with E-state index in [4.69, 9.17) is 0 Å². The van der Waals surface area contributed by atoms with Crippen molar-refractivity contribution < 1.29 is 18.3 Å². The summed E-state index contributed by atoms with van der Waals surface area (Å²) in [4.78, 5) is 14.9. The van der Waals surface area contributed by atoms with Gasteiger partial charge in [0.15, 0.2) is 0 Å². The Hall–Kier alpha value is -2.38. The number of hydrogen-bond donors (Lipinski definition) is 1. The maximum absolute atomic E-state index is 13.4.